The topological polar surface area (TPSA) is 98.6 Å². The second-order valence-electron chi connectivity index (χ2n) is 7.62. The highest BCUT2D eigenvalue weighted by Crippen LogP contribution is 2.28. The van der Waals surface area contributed by atoms with E-state index >= 15 is 0 Å². The first-order valence-corrected chi connectivity index (χ1v) is 11.5. The van der Waals surface area contributed by atoms with Crippen molar-refractivity contribution in [2.24, 2.45) is 0 Å². The SMILES string of the molecule is COCCNC(=O)[C@H](c1cccs1)N(C[C@@H]1CCCO1)C(=O)Cn1nnc2ccccc21. The molecule has 1 saturated heterocycles. The van der Waals surface area contributed by atoms with Gasteiger partial charge in [0.15, 0.2) is 0 Å². The van der Waals surface area contributed by atoms with E-state index in [-0.39, 0.29) is 24.5 Å². The van der Waals surface area contributed by atoms with Crippen LogP contribution in [0.2, 0.25) is 0 Å². The molecule has 2 amide bonds. The number of ether oxygens (including phenoxy) is 2. The predicted molar refractivity (Wildman–Crippen MR) is 120 cm³/mol. The standard InChI is InChI=1S/C22H27N5O4S/c1-30-12-10-23-22(29)21(19-9-5-13-32-19)26(14-16-6-4-11-31-16)20(28)15-27-18-8-3-2-7-17(18)24-25-27/h2-3,5,7-9,13,16,21H,4,6,10-12,14-15H2,1H3,(H,23,29)/t16-,21-/m0/s1. The number of nitrogens with zero attached hydrogens (tertiary/aromatic N) is 4. The van der Waals surface area contributed by atoms with Crippen LogP contribution in [0.5, 0.6) is 0 Å². The van der Waals surface area contributed by atoms with Gasteiger partial charge in [-0.05, 0) is 36.4 Å². The third-order valence-electron chi connectivity index (χ3n) is 5.43. The number of para-hydroxylation sites is 1. The summed E-state index contributed by atoms with van der Waals surface area (Å²) in [7, 11) is 1.58. The second kappa shape index (κ2) is 10.7. The molecule has 0 spiro atoms. The van der Waals surface area contributed by atoms with Gasteiger partial charge in [0.2, 0.25) is 11.8 Å². The quantitative estimate of drug-likeness (QED) is 0.468. The van der Waals surface area contributed by atoms with Gasteiger partial charge in [0.1, 0.15) is 18.1 Å². The zero-order valence-electron chi connectivity index (χ0n) is 18.0. The van der Waals surface area contributed by atoms with Crippen molar-refractivity contribution >= 4 is 34.2 Å². The van der Waals surface area contributed by atoms with Crippen LogP contribution < -0.4 is 5.32 Å². The molecule has 0 aliphatic carbocycles. The summed E-state index contributed by atoms with van der Waals surface area (Å²) in [5, 5.41) is 13.1. The number of thiophene rings is 1. The number of benzene rings is 1. The fourth-order valence-electron chi connectivity index (χ4n) is 3.86. The first-order chi connectivity index (χ1) is 15.7. The molecule has 4 rings (SSSR count). The summed E-state index contributed by atoms with van der Waals surface area (Å²) in [4.78, 5) is 29.2. The lowest BCUT2D eigenvalue weighted by atomic mass is 10.1. The molecule has 3 heterocycles. The Morgan fingerprint density at radius 2 is 2.22 bits per heavy atom. The average Bonchev–Trinajstić information content (AvgIpc) is 3.57. The minimum Gasteiger partial charge on any atom is -0.383 e. The zero-order chi connectivity index (χ0) is 22.3. The van der Waals surface area contributed by atoms with Crippen molar-refractivity contribution in [1.82, 2.24) is 25.2 Å². The second-order valence-corrected chi connectivity index (χ2v) is 8.60. The lowest BCUT2D eigenvalue weighted by Gasteiger charge is -2.32. The Labute approximate surface area is 190 Å². The molecule has 2 aromatic heterocycles. The molecule has 170 valence electrons. The maximum atomic E-state index is 13.6. The lowest BCUT2D eigenvalue weighted by molar-refractivity contribution is -0.143. The highest BCUT2D eigenvalue weighted by molar-refractivity contribution is 7.10. The van der Waals surface area contributed by atoms with Gasteiger partial charge >= 0.3 is 0 Å². The maximum Gasteiger partial charge on any atom is 0.248 e. The van der Waals surface area contributed by atoms with Gasteiger partial charge in [0, 0.05) is 31.7 Å². The molecule has 2 atom stereocenters. The molecule has 1 aliphatic heterocycles. The molecular weight excluding hydrogens is 430 g/mol. The van der Waals surface area contributed by atoms with Crippen LogP contribution in [0.15, 0.2) is 41.8 Å². The van der Waals surface area contributed by atoms with E-state index in [1.54, 1.807) is 16.7 Å². The van der Waals surface area contributed by atoms with E-state index in [1.165, 1.54) is 11.3 Å². The van der Waals surface area contributed by atoms with Crippen LogP contribution in [-0.2, 0) is 25.6 Å². The third kappa shape index (κ3) is 5.14. The molecule has 0 saturated carbocycles. The van der Waals surface area contributed by atoms with Gasteiger partial charge in [-0.2, -0.15) is 0 Å². The van der Waals surface area contributed by atoms with Gasteiger partial charge in [0.05, 0.1) is 18.2 Å². The lowest BCUT2D eigenvalue weighted by Crippen LogP contribution is -2.48. The van der Waals surface area contributed by atoms with Gasteiger partial charge in [-0.3, -0.25) is 9.59 Å². The Bertz CT molecular complexity index is 1030. The fourth-order valence-corrected chi connectivity index (χ4v) is 4.69. The minimum atomic E-state index is -0.752. The van der Waals surface area contributed by atoms with Crippen LogP contribution in [0.4, 0.5) is 0 Å². The Hall–Kier alpha value is -2.82. The van der Waals surface area contributed by atoms with Crippen LogP contribution in [0.1, 0.15) is 23.8 Å². The number of nitrogens with one attached hydrogen (secondary N) is 1. The number of hydrogen-bond donors (Lipinski definition) is 1. The summed E-state index contributed by atoms with van der Waals surface area (Å²) in [5.74, 6) is -0.448. The van der Waals surface area contributed by atoms with Crippen LogP contribution in [0.25, 0.3) is 11.0 Å². The third-order valence-corrected chi connectivity index (χ3v) is 6.35. The molecule has 0 radical (unpaired) electrons. The maximum absolute atomic E-state index is 13.6. The monoisotopic (exact) mass is 457 g/mol. The summed E-state index contributed by atoms with van der Waals surface area (Å²) in [6, 6.07) is 10.5. The Morgan fingerprint density at radius 3 is 2.97 bits per heavy atom. The molecule has 0 unspecified atom stereocenters. The van der Waals surface area contributed by atoms with E-state index in [2.05, 4.69) is 15.6 Å². The van der Waals surface area contributed by atoms with Crippen molar-refractivity contribution in [3.05, 3.63) is 46.7 Å². The van der Waals surface area contributed by atoms with Crippen LogP contribution >= 0.6 is 11.3 Å². The number of carbonyl (C=O) groups is 2. The summed E-state index contributed by atoms with van der Waals surface area (Å²) >= 11 is 1.45. The van der Waals surface area contributed by atoms with E-state index in [4.69, 9.17) is 9.47 Å². The van der Waals surface area contributed by atoms with Gasteiger partial charge in [-0.25, -0.2) is 4.68 Å². The van der Waals surface area contributed by atoms with Gasteiger partial charge in [0.25, 0.3) is 0 Å². The largest absolute Gasteiger partial charge is 0.383 e. The first kappa shape index (κ1) is 22.4. The van der Waals surface area contributed by atoms with Crippen molar-refractivity contribution in [2.45, 2.75) is 31.5 Å². The molecule has 10 heteroatoms. The molecule has 1 aromatic carbocycles. The molecule has 1 N–H and O–H groups in total. The minimum absolute atomic E-state index is 0.0134. The molecule has 0 bridgehead atoms. The molecule has 32 heavy (non-hydrogen) atoms. The highest BCUT2D eigenvalue weighted by Gasteiger charge is 2.35. The number of methoxy groups -OCH3 is 1. The van der Waals surface area contributed by atoms with Crippen molar-refractivity contribution in [1.29, 1.82) is 0 Å². The van der Waals surface area contributed by atoms with Crippen molar-refractivity contribution in [2.75, 3.05) is 33.4 Å². The van der Waals surface area contributed by atoms with Crippen molar-refractivity contribution in [3.8, 4) is 0 Å². The van der Waals surface area contributed by atoms with Crippen molar-refractivity contribution < 1.29 is 19.1 Å². The molecule has 3 aromatic rings. The highest BCUT2D eigenvalue weighted by atomic mass is 32.1. The average molecular weight is 458 g/mol. The fraction of sp³-hybridized carbons (Fsp3) is 0.455. The molecule has 1 fully saturated rings. The number of amides is 2. The summed E-state index contributed by atoms with van der Waals surface area (Å²) in [6.07, 6.45) is 1.71. The number of carbonyl (C=O) groups excluding carboxylic acids is 2. The van der Waals surface area contributed by atoms with Crippen molar-refractivity contribution in [3.63, 3.8) is 0 Å². The smallest absolute Gasteiger partial charge is 0.248 e. The molecular formula is C22H27N5O4S. The molecule has 9 nitrogen and oxygen atoms in total. The van der Waals surface area contributed by atoms with Gasteiger partial charge < -0.3 is 19.7 Å². The van der Waals surface area contributed by atoms with E-state index < -0.39 is 6.04 Å². The predicted octanol–water partition coefficient (Wildman–Crippen LogP) is 2.00. The number of hydrogen-bond acceptors (Lipinski definition) is 7. The Balaban J connectivity index is 1.62. The first-order valence-electron chi connectivity index (χ1n) is 10.7. The van der Waals surface area contributed by atoms with E-state index in [0.29, 0.717) is 26.3 Å². The zero-order valence-corrected chi connectivity index (χ0v) is 18.8. The van der Waals surface area contributed by atoms with Crippen LogP contribution in [0.3, 0.4) is 0 Å². The van der Waals surface area contributed by atoms with Crippen LogP contribution in [0, 0.1) is 0 Å². The number of aromatic nitrogens is 3. The number of rotatable bonds is 10. The molecule has 1 aliphatic rings. The van der Waals surface area contributed by atoms with Crippen LogP contribution in [-0.4, -0.2) is 71.2 Å². The van der Waals surface area contributed by atoms with Gasteiger partial charge in [-0.15, -0.1) is 16.4 Å². The summed E-state index contributed by atoms with van der Waals surface area (Å²) < 4.78 is 12.4. The number of fused-ring (bicyclic) bond motifs is 1. The Kier molecular flexibility index (Phi) is 7.46. The van der Waals surface area contributed by atoms with E-state index in [9.17, 15) is 9.59 Å². The van der Waals surface area contributed by atoms with E-state index in [0.717, 1.165) is 28.8 Å². The normalized spacial score (nSPS) is 16.8. The summed E-state index contributed by atoms with van der Waals surface area (Å²) in [6.45, 7) is 1.76. The summed E-state index contributed by atoms with van der Waals surface area (Å²) in [5.41, 5.74) is 1.49. The Morgan fingerprint density at radius 1 is 1.34 bits per heavy atom. The van der Waals surface area contributed by atoms with E-state index in [1.807, 2.05) is 41.8 Å². The van der Waals surface area contributed by atoms with Gasteiger partial charge in [-0.1, -0.05) is 23.4 Å².